The maximum Gasteiger partial charge on any atom is 0.425 e. The van der Waals surface area contributed by atoms with Crippen molar-refractivity contribution in [2.45, 2.75) is 29.7 Å². The number of carboxylic acid groups (broad SMARTS) is 1. The number of nitrogens with zero attached hydrogens (tertiary/aromatic N) is 1. The van der Waals surface area contributed by atoms with Crippen LogP contribution < -0.4 is 10.1 Å². The molecule has 0 amide bonds. The summed E-state index contributed by atoms with van der Waals surface area (Å²) in [5, 5.41) is 12.1. The van der Waals surface area contributed by atoms with Gasteiger partial charge in [0.1, 0.15) is 5.75 Å². The van der Waals surface area contributed by atoms with E-state index in [-0.39, 0.29) is 18.0 Å². The van der Waals surface area contributed by atoms with E-state index in [9.17, 15) is 18.7 Å². The standard InChI is InChI=1S/C22H24F2N2O3S2/c1-3-5-20(22(23,24)29-18-7-9-19(30-2)10-8-18)26-13-17(21(27)28)15-31-14-16-6-4-11-25-12-16/h4,6-12,17,20,26H,13-15H2,1-2H3,(H,27,28)/t17?,20-/m0/s1. The molecule has 2 atom stereocenters. The maximum absolute atomic E-state index is 14.7. The van der Waals surface area contributed by atoms with Crippen LogP contribution in [0.5, 0.6) is 5.75 Å². The molecule has 2 N–H and O–H groups in total. The molecule has 1 aromatic carbocycles. The molecule has 0 saturated carbocycles. The average Bonchev–Trinajstić information content (AvgIpc) is 2.76. The number of alkyl halides is 2. The minimum absolute atomic E-state index is 0.00862. The maximum atomic E-state index is 14.7. The van der Waals surface area contributed by atoms with Crippen LogP contribution in [0.3, 0.4) is 0 Å². The number of halogens is 2. The van der Waals surface area contributed by atoms with Crippen molar-refractivity contribution in [1.29, 1.82) is 0 Å². The summed E-state index contributed by atoms with van der Waals surface area (Å²) in [6.45, 7) is 1.27. The van der Waals surface area contributed by atoms with E-state index in [4.69, 9.17) is 4.74 Å². The number of nitrogens with one attached hydrogen (secondary N) is 1. The van der Waals surface area contributed by atoms with Gasteiger partial charge in [0, 0.05) is 35.3 Å². The number of benzene rings is 1. The highest BCUT2D eigenvalue weighted by atomic mass is 32.2. The fourth-order valence-electron chi connectivity index (χ4n) is 2.54. The van der Waals surface area contributed by atoms with E-state index in [2.05, 4.69) is 22.1 Å². The lowest BCUT2D eigenvalue weighted by Gasteiger charge is -2.25. The molecule has 1 heterocycles. The molecule has 0 spiro atoms. The normalized spacial score (nSPS) is 13.0. The molecule has 5 nitrogen and oxygen atoms in total. The highest BCUT2D eigenvalue weighted by Crippen LogP contribution is 2.27. The van der Waals surface area contributed by atoms with Gasteiger partial charge in [0.2, 0.25) is 0 Å². The summed E-state index contributed by atoms with van der Waals surface area (Å²) in [6, 6.07) is 8.34. The third kappa shape index (κ3) is 8.40. The number of hydrogen-bond acceptors (Lipinski definition) is 6. The number of rotatable bonds is 12. The quantitative estimate of drug-likeness (QED) is 0.355. The van der Waals surface area contributed by atoms with Crippen LogP contribution in [0.25, 0.3) is 0 Å². The Labute approximate surface area is 189 Å². The highest BCUT2D eigenvalue weighted by molar-refractivity contribution is 7.98. The molecular formula is C22H24F2N2O3S2. The Hall–Kier alpha value is -2.28. The zero-order valence-electron chi connectivity index (χ0n) is 17.2. The van der Waals surface area contributed by atoms with Crippen LogP contribution in [0.4, 0.5) is 8.78 Å². The number of carbonyl (C=O) groups is 1. The van der Waals surface area contributed by atoms with Crippen molar-refractivity contribution in [1.82, 2.24) is 10.3 Å². The predicted molar refractivity (Wildman–Crippen MR) is 121 cm³/mol. The van der Waals surface area contributed by atoms with Crippen LogP contribution in [-0.2, 0) is 10.5 Å². The Bertz CT molecular complexity index is 887. The second kappa shape index (κ2) is 12.5. The van der Waals surface area contributed by atoms with Crippen LogP contribution >= 0.6 is 23.5 Å². The number of pyridine rings is 1. The molecule has 0 aliphatic heterocycles. The summed E-state index contributed by atoms with van der Waals surface area (Å²) in [5.41, 5.74) is 0.965. The van der Waals surface area contributed by atoms with Crippen molar-refractivity contribution in [3.05, 3.63) is 54.4 Å². The summed E-state index contributed by atoms with van der Waals surface area (Å²) in [5.74, 6) is 3.78. The monoisotopic (exact) mass is 466 g/mol. The number of hydrogen-bond donors (Lipinski definition) is 2. The lowest BCUT2D eigenvalue weighted by molar-refractivity contribution is -0.187. The van der Waals surface area contributed by atoms with Gasteiger partial charge in [-0.1, -0.05) is 12.0 Å². The Kier molecular flexibility index (Phi) is 10.1. The zero-order valence-corrected chi connectivity index (χ0v) is 18.8. The van der Waals surface area contributed by atoms with Crippen molar-refractivity contribution in [3.63, 3.8) is 0 Å². The SMILES string of the molecule is CC#C[C@H](NCC(CSCc1cccnc1)C(=O)O)C(F)(F)Oc1ccc(SC)cc1. The number of aromatic nitrogens is 1. The topological polar surface area (TPSA) is 71.5 Å². The van der Waals surface area contributed by atoms with E-state index in [0.717, 1.165) is 10.5 Å². The molecule has 0 fully saturated rings. The first-order valence-corrected chi connectivity index (χ1v) is 11.8. The molecule has 2 aromatic rings. The van der Waals surface area contributed by atoms with Crippen LogP contribution in [0.15, 0.2) is 53.7 Å². The van der Waals surface area contributed by atoms with E-state index in [1.165, 1.54) is 42.6 Å². The highest BCUT2D eigenvalue weighted by Gasteiger charge is 2.42. The lowest BCUT2D eigenvalue weighted by atomic mass is 10.1. The van der Waals surface area contributed by atoms with E-state index in [0.29, 0.717) is 5.75 Å². The third-order valence-electron chi connectivity index (χ3n) is 4.17. The average molecular weight is 467 g/mol. The van der Waals surface area contributed by atoms with Crippen LogP contribution in [0.2, 0.25) is 0 Å². The molecule has 31 heavy (non-hydrogen) atoms. The van der Waals surface area contributed by atoms with Gasteiger partial charge in [-0.3, -0.25) is 15.1 Å². The Balaban J connectivity index is 1.96. The number of carboxylic acids is 1. The molecule has 0 aliphatic rings. The Morgan fingerprint density at radius 1 is 1.32 bits per heavy atom. The fourth-order valence-corrected chi connectivity index (χ4v) is 4.02. The smallest absolute Gasteiger partial charge is 0.425 e. The van der Waals surface area contributed by atoms with Gasteiger partial charge in [0.25, 0.3) is 0 Å². The molecule has 0 aliphatic carbocycles. The van der Waals surface area contributed by atoms with E-state index in [1.54, 1.807) is 30.6 Å². The number of thioether (sulfide) groups is 2. The van der Waals surface area contributed by atoms with E-state index >= 15 is 0 Å². The Morgan fingerprint density at radius 2 is 2.06 bits per heavy atom. The second-order valence-electron chi connectivity index (χ2n) is 6.49. The van der Waals surface area contributed by atoms with Crippen LogP contribution in [0.1, 0.15) is 12.5 Å². The summed E-state index contributed by atoms with van der Waals surface area (Å²) in [7, 11) is 0. The van der Waals surface area contributed by atoms with Gasteiger partial charge in [-0.05, 0) is 49.1 Å². The number of aliphatic carboxylic acids is 1. The first kappa shape index (κ1) is 25.0. The van der Waals surface area contributed by atoms with Gasteiger partial charge in [0.15, 0.2) is 6.04 Å². The first-order valence-electron chi connectivity index (χ1n) is 9.41. The lowest BCUT2D eigenvalue weighted by Crippen LogP contribution is -2.50. The molecular weight excluding hydrogens is 442 g/mol. The third-order valence-corrected chi connectivity index (χ3v) is 6.09. The van der Waals surface area contributed by atoms with Gasteiger partial charge in [-0.25, -0.2) is 0 Å². The van der Waals surface area contributed by atoms with E-state index < -0.39 is 24.0 Å². The van der Waals surface area contributed by atoms with Crippen LogP contribution in [-0.4, -0.2) is 46.8 Å². The van der Waals surface area contributed by atoms with E-state index in [1.807, 2.05) is 12.3 Å². The fraction of sp³-hybridized carbons (Fsp3) is 0.364. The van der Waals surface area contributed by atoms with Crippen molar-refractivity contribution in [3.8, 4) is 17.6 Å². The summed E-state index contributed by atoms with van der Waals surface area (Å²) < 4.78 is 34.3. The summed E-state index contributed by atoms with van der Waals surface area (Å²) in [4.78, 5) is 16.5. The van der Waals surface area contributed by atoms with Crippen molar-refractivity contribution < 1.29 is 23.4 Å². The van der Waals surface area contributed by atoms with Gasteiger partial charge in [0.05, 0.1) is 5.92 Å². The molecule has 0 bridgehead atoms. The van der Waals surface area contributed by atoms with Gasteiger partial charge in [-0.2, -0.15) is 20.5 Å². The minimum atomic E-state index is -3.64. The van der Waals surface area contributed by atoms with Crippen molar-refractivity contribution >= 4 is 29.5 Å². The van der Waals surface area contributed by atoms with Crippen molar-refractivity contribution in [2.24, 2.45) is 5.92 Å². The molecule has 1 unspecified atom stereocenters. The molecule has 166 valence electrons. The van der Waals surface area contributed by atoms with Gasteiger partial charge >= 0.3 is 12.1 Å². The van der Waals surface area contributed by atoms with Gasteiger partial charge in [-0.15, -0.1) is 17.7 Å². The summed E-state index contributed by atoms with van der Waals surface area (Å²) >= 11 is 2.89. The molecule has 0 saturated heterocycles. The van der Waals surface area contributed by atoms with Gasteiger partial charge < -0.3 is 9.84 Å². The molecule has 2 rings (SSSR count). The predicted octanol–water partition coefficient (Wildman–Crippen LogP) is 4.39. The second-order valence-corrected chi connectivity index (χ2v) is 8.40. The number of ether oxygens (including phenoxy) is 1. The Morgan fingerprint density at radius 3 is 2.65 bits per heavy atom. The zero-order chi connectivity index (χ0) is 22.7. The minimum Gasteiger partial charge on any atom is -0.481 e. The largest absolute Gasteiger partial charge is 0.481 e. The molecule has 1 aromatic heterocycles. The first-order chi connectivity index (χ1) is 14.9. The molecule has 0 radical (unpaired) electrons. The molecule has 9 heteroatoms. The van der Waals surface area contributed by atoms with Crippen molar-refractivity contribution in [2.75, 3.05) is 18.6 Å². The van der Waals surface area contributed by atoms with Crippen LogP contribution in [0, 0.1) is 17.8 Å². The summed E-state index contributed by atoms with van der Waals surface area (Å²) in [6.07, 6.45) is 1.61.